The number of hydrogen-bond acceptors (Lipinski definition) is 9. The Bertz CT molecular complexity index is 773. The highest BCUT2D eigenvalue weighted by Crippen LogP contribution is 2.25. The van der Waals surface area contributed by atoms with Crippen LogP contribution in [-0.2, 0) is 18.9 Å². The summed E-state index contributed by atoms with van der Waals surface area (Å²) in [4.78, 5) is 23.3. The highest BCUT2D eigenvalue weighted by atomic mass is 16.7. The number of methoxy groups -OCH3 is 2. The Kier molecular flexibility index (Phi) is 27.1. The number of aliphatic imine (C=N–C) groups is 1. The van der Waals surface area contributed by atoms with Crippen LogP contribution in [0.3, 0.4) is 0 Å². The summed E-state index contributed by atoms with van der Waals surface area (Å²) in [5.41, 5.74) is 6.35. The minimum atomic E-state index is -1.41. The summed E-state index contributed by atoms with van der Waals surface area (Å²) in [5, 5.41) is 8.47. The van der Waals surface area contributed by atoms with E-state index in [1.807, 2.05) is 33.9 Å². The van der Waals surface area contributed by atoms with Crippen LogP contribution in [0.2, 0.25) is 0 Å². The van der Waals surface area contributed by atoms with Crippen LogP contribution in [-0.4, -0.2) is 67.3 Å². The quantitative estimate of drug-likeness (QED) is 0.0962. The van der Waals surface area contributed by atoms with Gasteiger partial charge >= 0.3 is 6.16 Å². The number of ether oxygens (including phenoxy) is 4. The third kappa shape index (κ3) is 19.4. The molecule has 0 fully saturated rings. The van der Waals surface area contributed by atoms with Gasteiger partial charge in [-0.25, -0.2) is 14.8 Å². The lowest BCUT2D eigenvalue weighted by molar-refractivity contribution is -0.0940. The Hall–Kier alpha value is -2.74. The number of nitrogens with two attached hydrogens (primary N) is 1. The van der Waals surface area contributed by atoms with Crippen molar-refractivity contribution in [3.63, 3.8) is 0 Å². The van der Waals surface area contributed by atoms with Crippen LogP contribution >= 0.6 is 0 Å². The van der Waals surface area contributed by atoms with Gasteiger partial charge in [-0.3, -0.25) is 4.99 Å². The van der Waals surface area contributed by atoms with Gasteiger partial charge in [0.25, 0.3) is 0 Å². The van der Waals surface area contributed by atoms with Crippen molar-refractivity contribution in [3.8, 4) is 12.3 Å². The maximum atomic E-state index is 10.4. The maximum Gasteiger partial charge on any atom is 0.507 e. The predicted octanol–water partition coefficient (Wildman–Crippen LogP) is 6.36. The van der Waals surface area contributed by atoms with E-state index in [1.165, 1.54) is 13.5 Å². The van der Waals surface area contributed by atoms with Gasteiger partial charge in [-0.05, 0) is 52.4 Å². The average molecular weight is 541 g/mol. The second-order valence-corrected chi connectivity index (χ2v) is 7.93. The lowest BCUT2D eigenvalue weighted by Gasteiger charge is -2.27. The molecule has 0 bridgehead atoms. The first kappa shape index (κ1) is 39.8. The fourth-order valence-corrected chi connectivity index (χ4v) is 2.81. The summed E-state index contributed by atoms with van der Waals surface area (Å²) in [6, 6.07) is 0. The van der Waals surface area contributed by atoms with Crippen molar-refractivity contribution in [2.45, 2.75) is 93.1 Å². The third-order valence-corrected chi connectivity index (χ3v) is 4.83. The molecule has 10 heteroatoms. The topological polar surface area (TPSA) is 138 Å². The van der Waals surface area contributed by atoms with Crippen molar-refractivity contribution in [2.75, 3.05) is 40.0 Å². The minimum Gasteiger partial charge on any atom is -0.450 e. The fraction of sp³-hybridized carbons (Fsp3) is 0.714. The Balaban J connectivity index is -0.00000119. The molecule has 1 heterocycles. The number of hydrogen-bond donors (Lipinski definition) is 2. The zero-order valence-corrected chi connectivity index (χ0v) is 25.3. The monoisotopic (exact) mass is 540 g/mol. The molecule has 1 aromatic heterocycles. The first-order valence-corrected chi connectivity index (χ1v) is 13.2. The van der Waals surface area contributed by atoms with Crippen LogP contribution in [0.5, 0.6) is 0 Å². The molecule has 0 aliphatic rings. The number of aryl methyl sites for hydroxylation is 2. The van der Waals surface area contributed by atoms with Crippen LogP contribution in [0, 0.1) is 32.1 Å². The van der Waals surface area contributed by atoms with E-state index in [4.69, 9.17) is 26.7 Å². The molecule has 0 saturated carbocycles. The van der Waals surface area contributed by atoms with Crippen LogP contribution in [0.15, 0.2) is 4.99 Å². The molecule has 2 unspecified atom stereocenters. The number of rotatable bonds is 13. The number of nitrogen functional groups attached to an aromatic ring is 1. The van der Waals surface area contributed by atoms with Gasteiger partial charge in [0, 0.05) is 27.0 Å². The highest BCUT2D eigenvalue weighted by molar-refractivity contribution is 5.71. The number of nitrogens with zero attached hydrogens (tertiary/aromatic N) is 3. The minimum absolute atomic E-state index is 0.0363. The number of terminal acetylenes is 1. The molecule has 0 amide bonds. The van der Waals surface area contributed by atoms with E-state index in [1.54, 1.807) is 14.0 Å². The number of aromatic nitrogens is 2. The van der Waals surface area contributed by atoms with Gasteiger partial charge in [-0.2, -0.15) is 0 Å². The lowest BCUT2D eigenvalue weighted by Crippen LogP contribution is -2.36. The summed E-state index contributed by atoms with van der Waals surface area (Å²) in [7, 11) is 3.18. The molecule has 220 valence electrons. The van der Waals surface area contributed by atoms with Gasteiger partial charge in [0.2, 0.25) is 0 Å². The molecule has 38 heavy (non-hydrogen) atoms. The summed E-state index contributed by atoms with van der Waals surface area (Å²) >= 11 is 0. The van der Waals surface area contributed by atoms with Crippen molar-refractivity contribution >= 4 is 23.9 Å². The molecule has 0 aliphatic carbocycles. The largest absolute Gasteiger partial charge is 0.507 e. The zero-order chi connectivity index (χ0) is 30.0. The normalized spacial score (nSPS) is 12.3. The average Bonchev–Trinajstić information content (AvgIpc) is 2.90. The molecule has 2 atom stereocenters. The summed E-state index contributed by atoms with van der Waals surface area (Å²) in [6.45, 7) is 16.4. The molecule has 3 N–H and O–H groups in total. The van der Waals surface area contributed by atoms with E-state index in [0.29, 0.717) is 23.8 Å². The first-order valence-electron chi connectivity index (χ1n) is 13.2. The van der Waals surface area contributed by atoms with Gasteiger partial charge in [-0.15, -0.1) is 6.42 Å². The van der Waals surface area contributed by atoms with E-state index in [-0.39, 0.29) is 12.5 Å². The predicted molar refractivity (Wildman–Crippen MR) is 155 cm³/mol. The molecule has 0 aliphatic heterocycles. The molecule has 0 spiro atoms. The Labute approximate surface area is 230 Å². The highest BCUT2D eigenvalue weighted by Gasteiger charge is 2.27. The van der Waals surface area contributed by atoms with Crippen LogP contribution < -0.4 is 5.73 Å². The van der Waals surface area contributed by atoms with Crippen LogP contribution in [0.4, 0.5) is 16.3 Å². The molecule has 1 rings (SSSR count). The molecule has 0 radical (unpaired) electrons. The van der Waals surface area contributed by atoms with Crippen molar-refractivity contribution in [2.24, 2.45) is 10.9 Å². The molecule has 1 aromatic rings. The fourth-order valence-electron chi connectivity index (χ4n) is 2.81. The van der Waals surface area contributed by atoms with Crippen LogP contribution in [0.25, 0.3) is 0 Å². The second-order valence-electron chi connectivity index (χ2n) is 7.93. The third-order valence-electron chi connectivity index (χ3n) is 4.83. The zero-order valence-electron chi connectivity index (χ0n) is 25.3. The van der Waals surface area contributed by atoms with Crippen molar-refractivity contribution in [3.05, 3.63) is 11.5 Å². The second kappa shape index (κ2) is 25.9. The maximum absolute atomic E-state index is 10.4. The summed E-state index contributed by atoms with van der Waals surface area (Å²) in [6.07, 6.45) is 10.4. The van der Waals surface area contributed by atoms with Crippen molar-refractivity contribution in [1.29, 1.82) is 0 Å². The van der Waals surface area contributed by atoms with Gasteiger partial charge < -0.3 is 29.8 Å². The molecule has 10 nitrogen and oxygen atoms in total. The van der Waals surface area contributed by atoms with E-state index in [9.17, 15) is 4.79 Å². The Morgan fingerprint density at radius 3 is 2.21 bits per heavy atom. The lowest BCUT2D eigenvalue weighted by atomic mass is 9.93. The van der Waals surface area contributed by atoms with E-state index >= 15 is 0 Å². The van der Waals surface area contributed by atoms with Gasteiger partial charge in [-0.1, -0.05) is 47.0 Å². The van der Waals surface area contributed by atoms with E-state index in [0.717, 1.165) is 31.6 Å². The molecular formula is C28H52N4O6. The molecule has 0 aromatic carbocycles. The van der Waals surface area contributed by atoms with Crippen molar-refractivity contribution in [1.82, 2.24) is 9.97 Å². The standard InChI is InChI=1S/C20H30N4O5.C3H8O.C3H8.C2H6/c1-6-16(11-22-17-14(3)23-15(4)24-18(17)21)9-8-10-20(7-2,27-5)12-28-13-29-19(25)26;1-3-4-2;1-3-2;1-2/h2,11,16H,6,8-10,12-13H2,1,3-5H3,(H,25,26)(H2,21,23,24);3H2,1-2H3;3H2,1-2H3;1-2H3. The van der Waals surface area contributed by atoms with Crippen molar-refractivity contribution < 1.29 is 28.8 Å². The van der Waals surface area contributed by atoms with Gasteiger partial charge in [0.05, 0.1) is 12.3 Å². The van der Waals surface area contributed by atoms with Gasteiger partial charge in [0.1, 0.15) is 11.5 Å². The molecule has 0 saturated heterocycles. The first-order chi connectivity index (χ1) is 18.1. The number of anilines is 1. The summed E-state index contributed by atoms with van der Waals surface area (Å²) < 4.78 is 19.5. The smallest absolute Gasteiger partial charge is 0.450 e. The Morgan fingerprint density at radius 1 is 1.21 bits per heavy atom. The molecular weight excluding hydrogens is 488 g/mol. The van der Waals surface area contributed by atoms with Gasteiger partial charge in [0.15, 0.2) is 18.2 Å². The number of carbonyl (C=O) groups is 1. The SMILES string of the molecule is C#CC(CCCC(C=Nc1c(C)nc(C)nc1N)CC)(COCOC(=O)O)OC.CC.CCC.CCOC. The van der Waals surface area contributed by atoms with Crippen LogP contribution in [0.1, 0.15) is 85.2 Å². The van der Waals surface area contributed by atoms with E-state index in [2.05, 4.69) is 51.1 Å². The van der Waals surface area contributed by atoms with E-state index < -0.39 is 18.5 Å². The number of carboxylic acid groups (broad SMARTS) is 1. The summed E-state index contributed by atoms with van der Waals surface area (Å²) in [5.74, 6) is 3.81. The Morgan fingerprint density at radius 2 is 1.79 bits per heavy atom.